The van der Waals surface area contributed by atoms with Crippen LogP contribution in [0.1, 0.15) is 5.56 Å². The highest BCUT2D eigenvalue weighted by Crippen LogP contribution is 2.16. The third-order valence-corrected chi connectivity index (χ3v) is 2.53. The van der Waals surface area contributed by atoms with Gasteiger partial charge in [0.1, 0.15) is 11.4 Å². The van der Waals surface area contributed by atoms with Crippen LogP contribution in [0.4, 0.5) is 11.4 Å². The molecule has 0 fully saturated rings. The van der Waals surface area contributed by atoms with Crippen LogP contribution in [0.3, 0.4) is 0 Å². The topological polar surface area (TPSA) is 76.7 Å². The average molecular weight is 243 g/mol. The Bertz CT molecular complexity index is 509. The molecule has 2 rings (SSSR count). The van der Waals surface area contributed by atoms with Crippen molar-refractivity contribution in [3.63, 3.8) is 0 Å². The Morgan fingerprint density at radius 3 is 2.28 bits per heavy atom. The van der Waals surface area contributed by atoms with E-state index in [4.69, 9.17) is 5.90 Å². The number of nitrogens with two attached hydrogens (primary N) is 1. The molecule has 2 aromatic rings. The Balaban J connectivity index is 1.95. The van der Waals surface area contributed by atoms with Crippen molar-refractivity contribution in [1.29, 1.82) is 0 Å². The van der Waals surface area contributed by atoms with Gasteiger partial charge in [0.25, 0.3) is 0 Å². The van der Waals surface area contributed by atoms with Gasteiger partial charge in [0.15, 0.2) is 0 Å². The van der Waals surface area contributed by atoms with Crippen molar-refractivity contribution in [2.45, 2.75) is 6.54 Å². The van der Waals surface area contributed by atoms with Gasteiger partial charge in [-0.1, -0.05) is 12.1 Å². The van der Waals surface area contributed by atoms with Crippen LogP contribution in [0.2, 0.25) is 0 Å². The molecule has 5 nitrogen and oxygen atoms in total. The maximum atomic E-state index is 10.3. The Morgan fingerprint density at radius 2 is 1.72 bits per heavy atom. The summed E-state index contributed by atoms with van der Waals surface area (Å²) >= 11 is 0. The summed E-state index contributed by atoms with van der Waals surface area (Å²) in [4.78, 5) is 14.9. The smallest absolute Gasteiger partial charge is 0.146 e. The molecule has 0 saturated carbocycles. The molecule has 18 heavy (non-hydrogen) atoms. The summed E-state index contributed by atoms with van der Waals surface area (Å²) < 4.78 is 0. The van der Waals surface area contributed by atoms with Crippen LogP contribution >= 0.6 is 0 Å². The summed E-state index contributed by atoms with van der Waals surface area (Å²) in [5.74, 6) is 5.65. The highest BCUT2D eigenvalue weighted by Gasteiger charge is 1.96. The molecule has 3 N–H and O–H groups in total. The number of nitroso groups, excluding NO2 is 1. The van der Waals surface area contributed by atoms with Crippen LogP contribution in [-0.2, 0) is 6.54 Å². The van der Waals surface area contributed by atoms with Gasteiger partial charge in [-0.15, -0.1) is 4.91 Å². The number of anilines is 1. The van der Waals surface area contributed by atoms with Gasteiger partial charge >= 0.3 is 0 Å². The van der Waals surface area contributed by atoms with Crippen molar-refractivity contribution in [3.05, 3.63) is 59.0 Å². The molecule has 0 heterocycles. The molecule has 0 amide bonds. The molecule has 0 aliphatic carbocycles. The second-order valence-corrected chi connectivity index (χ2v) is 3.75. The zero-order valence-electron chi connectivity index (χ0n) is 9.67. The van der Waals surface area contributed by atoms with Gasteiger partial charge < -0.3 is 10.2 Å². The summed E-state index contributed by atoms with van der Waals surface area (Å²) in [6.45, 7) is 0.669. The molecule has 2 aromatic carbocycles. The largest absolute Gasteiger partial charge is 0.412 e. The first-order chi connectivity index (χ1) is 8.81. The predicted octanol–water partition coefficient (Wildman–Crippen LogP) is 2.95. The van der Waals surface area contributed by atoms with Gasteiger partial charge in [-0.3, -0.25) is 0 Å². The fourth-order valence-corrected chi connectivity index (χ4v) is 1.53. The van der Waals surface area contributed by atoms with Crippen LogP contribution in [0, 0.1) is 4.91 Å². The minimum atomic E-state index is 0.434. The van der Waals surface area contributed by atoms with Crippen molar-refractivity contribution in [2.75, 3.05) is 5.32 Å². The van der Waals surface area contributed by atoms with Crippen molar-refractivity contribution >= 4 is 11.4 Å². The summed E-state index contributed by atoms with van der Waals surface area (Å²) in [6, 6.07) is 14.4. The van der Waals surface area contributed by atoms with Crippen LogP contribution in [0.5, 0.6) is 5.75 Å². The van der Waals surface area contributed by atoms with Gasteiger partial charge in [0, 0.05) is 12.2 Å². The minimum Gasteiger partial charge on any atom is -0.412 e. The third kappa shape index (κ3) is 3.05. The van der Waals surface area contributed by atoms with E-state index in [0.717, 1.165) is 11.3 Å². The number of benzene rings is 2. The third-order valence-electron chi connectivity index (χ3n) is 2.53. The highest BCUT2D eigenvalue weighted by molar-refractivity contribution is 5.47. The standard InChI is InChI=1S/C13H13N3O2/c14-18-13-7-5-11(6-8-13)15-9-10-1-3-12(16-17)4-2-10/h1-8,15H,9,14H2. The molecule has 0 unspecified atom stereocenters. The minimum absolute atomic E-state index is 0.434. The Kier molecular flexibility index (Phi) is 3.88. The van der Waals surface area contributed by atoms with Crippen LogP contribution < -0.4 is 16.1 Å². The number of hydrogen-bond donors (Lipinski definition) is 2. The lowest BCUT2D eigenvalue weighted by Gasteiger charge is -2.07. The van der Waals surface area contributed by atoms with E-state index in [1.807, 2.05) is 24.3 Å². The van der Waals surface area contributed by atoms with E-state index < -0.39 is 0 Å². The lowest BCUT2D eigenvalue weighted by Crippen LogP contribution is -2.02. The lowest BCUT2D eigenvalue weighted by molar-refractivity contribution is 0.334. The molecule has 0 bridgehead atoms. The van der Waals surface area contributed by atoms with E-state index >= 15 is 0 Å². The van der Waals surface area contributed by atoms with Crippen LogP contribution in [0.15, 0.2) is 53.7 Å². The molecular formula is C13H13N3O2. The Morgan fingerprint density at radius 1 is 1.06 bits per heavy atom. The fraction of sp³-hybridized carbons (Fsp3) is 0.0769. The van der Waals surface area contributed by atoms with Crippen LogP contribution in [-0.4, -0.2) is 0 Å². The molecule has 0 aliphatic heterocycles. The molecule has 5 heteroatoms. The van der Waals surface area contributed by atoms with Crippen molar-refractivity contribution in [2.24, 2.45) is 11.1 Å². The number of hydrogen-bond acceptors (Lipinski definition) is 5. The first-order valence-electron chi connectivity index (χ1n) is 5.45. The molecular weight excluding hydrogens is 230 g/mol. The predicted molar refractivity (Wildman–Crippen MR) is 70.5 cm³/mol. The van der Waals surface area contributed by atoms with Crippen LogP contribution in [0.25, 0.3) is 0 Å². The Labute approximate surface area is 105 Å². The van der Waals surface area contributed by atoms with E-state index in [2.05, 4.69) is 15.3 Å². The van der Waals surface area contributed by atoms with Crippen molar-refractivity contribution in [3.8, 4) is 5.75 Å². The first-order valence-corrected chi connectivity index (χ1v) is 5.45. The SMILES string of the molecule is NOc1ccc(NCc2ccc(N=O)cc2)cc1. The fourth-order valence-electron chi connectivity index (χ4n) is 1.53. The quantitative estimate of drug-likeness (QED) is 0.625. The van der Waals surface area contributed by atoms with Gasteiger partial charge in [-0.05, 0) is 47.1 Å². The molecule has 0 saturated heterocycles. The molecule has 92 valence electrons. The monoisotopic (exact) mass is 243 g/mol. The summed E-state index contributed by atoms with van der Waals surface area (Å²) in [7, 11) is 0. The number of rotatable bonds is 5. The summed E-state index contributed by atoms with van der Waals surface area (Å²) in [5.41, 5.74) is 2.47. The molecule has 0 aromatic heterocycles. The summed E-state index contributed by atoms with van der Waals surface area (Å²) in [5, 5.41) is 6.10. The Hall–Kier alpha value is -2.40. The zero-order valence-corrected chi connectivity index (χ0v) is 9.67. The first kappa shape index (κ1) is 12.1. The normalized spacial score (nSPS) is 9.83. The highest BCUT2D eigenvalue weighted by atomic mass is 16.6. The van der Waals surface area contributed by atoms with E-state index in [9.17, 15) is 4.91 Å². The van der Waals surface area contributed by atoms with Crippen molar-refractivity contribution < 1.29 is 4.84 Å². The number of nitrogens with one attached hydrogen (secondary N) is 1. The molecule has 0 atom stereocenters. The average Bonchev–Trinajstić information content (AvgIpc) is 2.46. The van der Waals surface area contributed by atoms with E-state index in [0.29, 0.717) is 18.0 Å². The molecule has 0 aliphatic rings. The maximum absolute atomic E-state index is 10.3. The summed E-state index contributed by atoms with van der Waals surface area (Å²) in [6.07, 6.45) is 0. The van der Waals surface area contributed by atoms with Crippen molar-refractivity contribution in [1.82, 2.24) is 0 Å². The van der Waals surface area contributed by atoms with Gasteiger partial charge in [-0.25, -0.2) is 0 Å². The lowest BCUT2D eigenvalue weighted by atomic mass is 10.2. The van der Waals surface area contributed by atoms with Gasteiger partial charge in [0.05, 0.1) is 0 Å². The second kappa shape index (κ2) is 5.79. The number of nitrogens with zero attached hydrogens (tertiary/aromatic N) is 1. The molecule has 0 radical (unpaired) electrons. The van der Waals surface area contributed by atoms with E-state index in [-0.39, 0.29) is 0 Å². The zero-order chi connectivity index (χ0) is 12.8. The molecule has 0 spiro atoms. The van der Waals surface area contributed by atoms with E-state index in [1.165, 1.54) is 0 Å². The second-order valence-electron chi connectivity index (χ2n) is 3.75. The van der Waals surface area contributed by atoms with E-state index in [1.54, 1.807) is 24.3 Å². The van der Waals surface area contributed by atoms with Gasteiger partial charge in [-0.2, -0.15) is 5.90 Å². The van der Waals surface area contributed by atoms with Gasteiger partial charge in [0.2, 0.25) is 0 Å². The maximum Gasteiger partial charge on any atom is 0.146 e.